The third-order valence-electron chi connectivity index (χ3n) is 2.11. The maximum absolute atomic E-state index is 13.7. The third-order valence-corrected chi connectivity index (χ3v) is 2.11. The van der Waals surface area contributed by atoms with Crippen LogP contribution in [0.5, 0.6) is 0 Å². The standard InChI is InChI=1S/C10H21F/c1-6-10(11,7-2)8-9(3,4)5/h6-8H2,1-5H3. The Morgan fingerprint density at radius 1 is 1.00 bits per heavy atom. The minimum absolute atomic E-state index is 0.112. The zero-order valence-electron chi connectivity index (χ0n) is 8.50. The van der Waals surface area contributed by atoms with Crippen LogP contribution in [0.2, 0.25) is 0 Å². The molecule has 0 saturated heterocycles. The molecule has 0 saturated carbocycles. The van der Waals surface area contributed by atoms with E-state index in [0.717, 1.165) is 0 Å². The molecule has 0 bridgehead atoms. The van der Waals surface area contributed by atoms with E-state index in [2.05, 4.69) is 20.8 Å². The van der Waals surface area contributed by atoms with Crippen LogP contribution in [-0.4, -0.2) is 5.67 Å². The predicted molar refractivity (Wildman–Crippen MR) is 48.5 cm³/mol. The molecule has 0 nitrogen and oxygen atoms in total. The predicted octanol–water partition coefficient (Wildman–Crippen LogP) is 3.95. The monoisotopic (exact) mass is 160 g/mol. The molecule has 0 N–H and O–H groups in total. The maximum Gasteiger partial charge on any atom is 0.111 e. The highest BCUT2D eigenvalue weighted by Crippen LogP contribution is 2.34. The summed E-state index contributed by atoms with van der Waals surface area (Å²) in [6.07, 6.45) is 1.95. The molecule has 0 aliphatic heterocycles. The van der Waals surface area contributed by atoms with Gasteiger partial charge in [-0.05, 0) is 24.7 Å². The molecule has 0 aromatic heterocycles. The average Bonchev–Trinajstić information content (AvgIpc) is 1.84. The summed E-state index contributed by atoms with van der Waals surface area (Å²) in [5.41, 5.74) is -0.820. The largest absolute Gasteiger partial charge is 0.244 e. The molecule has 68 valence electrons. The average molecular weight is 160 g/mol. The molecule has 0 fully saturated rings. The van der Waals surface area contributed by atoms with E-state index in [1.54, 1.807) is 0 Å². The van der Waals surface area contributed by atoms with Gasteiger partial charge >= 0.3 is 0 Å². The van der Waals surface area contributed by atoms with Crippen LogP contribution in [0.25, 0.3) is 0 Å². The van der Waals surface area contributed by atoms with Gasteiger partial charge in [-0.15, -0.1) is 0 Å². The van der Waals surface area contributed by atoms with Crippen LogP contribution >= 0.6 is 0 Å². The molecule has 0 rings (SSSR count). The van der Waals surface area contributed by atoms with Crippen LogP contribution in [0.3, 0.4) is 0 Å². The van der Waals surface area contributed by atoms with Crippen molar-refractivity contribution in [2.45, 2.75) is 59.5 Å². The molecule has 0 amide bonds. The molecule has 0 aliphatic rings. The summed E-state index contributed by atoms with van der Waals surface area (Å²) in [5, 5.41) is 0. The Kier molecular flexibility index (Phi) is 3.53. The van der Waals surface area contributed by atoms with Gasteiger partial charge in [0.05, 0.1) is 0 Å². The zero-order valence-corrected chi connectivity index (χ0v) is 8.50. The van der Waals surface area contributed by atoms with Gasteiger partial charge in [-0.1, -0.05) is 34.6 Å². The Labute approximate surface area is 70.2 Å². The molecular formula is C10H21F. The lowest BCUT2D eigenvalue weighted by Gasteiger charge is -2.30. The Bertz CT molecular complexity index is 107. The van der Waals surface area contributed by atoms with Gasteiger partial charge in [0.15, 0.2) is 0 Å². The summed E-state index contributed by atoms with van der Waals surface area (Å²) in [5.74, 6) is 0. The Balaban J connectivity index is 4.08. The van der Waals surface area contributed by atoms with Crippen LogP contribution < -0.4 is 0 Å². The van der Waals surface area contributed by atoms with Crippen LogP contribution in [0, 0.1) is 5.41 Å². The number of hydrogen-bond acceptors (Lipinski definition) is 0. The maximum atomic E-state index is 13.7. The zero-order chi connectivity index (χ0) is 9.12. The van der Waals surface area contributed by atoms with Crippen molar-refractivity contribution in [3.8, 4) is 0 Å². The molecule has 0 aliphatic carbocycles. The smallest absolute Gasteiger partial charge is 0.111 e. The van der Waals surface area contributed by atoms with Gasteiger partial charge in [0, 0.05) is 0 Å². The lowest BCUT2D eigenvalue weighted by molar-refractivity contribution is 0.0896. The Morgan fingerprint density at radius 2 is 1.36 bits per heavy atom. The Hall–Kier alpha value is -0.0700. The van der Waals surface area contributed by atoms with E-state index >= 15 is 0 Å². The van der Waals surface area contributed by atoms with E-state index in [0.29, 0.717) is 19.3 Å². The molecular weight excluding hydrogens is 139 g/mol. The van der Waals surface area contributed by atoms with Gasteiger partial charge in [-0.2, -0.15) is 0 Å². The summed E-state index contributed by atoms with van der Waals surface area (Å²) in [6, 6.07) is 0. The molecule has 0 atom stereocenters. The fourth-order valence-corrected chi connectivity index (χ4v) is 1.45. The Morgan fingerprint density at radius 3 is 1.45 bits per heavy atom. The first kappa shape index (κ1) is 10.9. The molecule has 0 spiro atoms. The first-order valence-corrected chi connectivity index (χ1v) is 4.52. The van der Waals surface area contributed by atoms with E-state index < -0.39 is 5.67 Å². The number of halogens is 1. The number of rotatable bonds is 3. The first-order chi connectivity index (χ1) is 4.83. The van der Waals surface area contributed by atoms with Gasteiger partial charge in [-0.3, -0.25) is 0 Å². The van der Waals surface area contributed by atoms with Gasteiger partial charge in [0.1, 0.15) is 5.67 Å². The molecule has 1 heteroatoms. The lowest BCUT2D eigenvalue weighted by Crippen LogP contribution is -2.27. The second-order valence-corrected chi connectivity index (χ2v) is 4.60. The highest BCUT2D eigenvalue weighted by Gasteiger charge is 2.30. The van der Waals surface area contributed by atoms with Gasteiger partial charge in [0.2, 0.25) is 0 Å². The summed E-state index contributed by atoms with van der Waals surface area (Å²) in [4.78, 5) is 0. The lowest BCUT2D eigenvalue weighted by atomic mass is 9.80. The minimum Gasteiger partial charge on any atom is -0.244 e. The minimum atomic E-state index is -0.932. The van der Waals surface area contributed by atoms with Crippen molar-refractivity contribution in [1.29, 1.82) is 0 Å². The highest BCUT2D eigenvalue weighted by atomic mass is 19.1. The van der Waals surface area contributed by atoms with Crippen molar-refractivity contribution in [3.63, 3.8) is 0 Å². The number of alkyl halides is 1. The van der Waals surface area contributed by atoms with E-state index in [1.165, 1.54) is 0 Å². The van der Waals surface area contributed by atoms with Crippen molar-refractivity contribution in [1.82, 2.24) is 0 Å². The van der Waals surface area contributed by atoms with Crippen molar-refractivity contribution >= 4 is 0 Å². The van der Waals surface area contributed by atoms with Crippen molar-refractivity contribution in [2.75, 3.05) is 0 Å². The van der Waals surface area contributed by atoms with Crippen molar-refractivity contribution < 1.29 is 4.39 Å². The van der Waals surface area contributed by atoms with E-state index in [4.69, 9.17) is 0 Å². The molecule has 0 radical (unpaired) electrons. The molecule has 0 aromatic carbocycles. The van der Waals surface area contributed by atoms with Crippen LogP contribution in [0.15, 0.2) is 0 Å². The van der Waals surface area contributed by atoms with Crippen molar-refractivity contribution in [3.05, 3.63) is 0 Å². The molecule has 0 heterocycles. The number of hydrogen-bond donors (Lipinski definition) is 0. The summed E-state index contributed by atoms with van der Waals surface area (Å²) in [7, 11) is 0. The summed E-state index contributed by atoms with van der Waals surface area (Å²) >= 11 is 0. The quantitative estimate of drug-likeness (QED) is 0.586. The van der Waals surface area contributed by atoms with Gasteiger partial charge in [0.25, 0.3) is 0 Å². The van der Waals surface area contributed by atoms with Crippen molar-refractivity contribution in [2.24, 2.45) is 5.41 Å². The highest BCUT2D eigenvalue weighted by molar-refractivity contribution is 4.81. The van der Waals surface area contributed by atoms with E-state index in [9.17, 15) is 4.39 Å². The third kappa shape index (κ3) is 4.39. The molecule has 11 heavy (non-hydrogen) atoms. The molecule has 0 unspecified atom stereocenters. The SMILES string of the molecule is CCC(F)(CC)CC(C)(C)C. The second kappa shape index (κ2) is 3.55. The normalized spacial score (nSPS) is 13.6. The second-order valence-electron chi connectivity index (χ2n) is 4.60. The van der Waals surface area contributed by atoms with Crippen LogP contribution in [0.4, 0.5) is 4.39 Å². The first-order valence-electron chi connectivity index (χ1n) is 4.52. The molecule has 0 aromatic rings. The fourth-order valence-electron chi connectivity index (χ4n) is 1.45. The summed E-state index contributed by atoms with van der Waals surface area (Å²) in [6.45, 7) is 10.1. The van der Waals surface area contributed by atoms with Crippen LogP contribution in [-0.2, 0) is 0 Å². The topological polar surface area (TPSA) is 0 Å². The van der Waals surface area contributed by atoms with Crippen LogP contribution in [0.1, 0.15) is 53.9 Å². The van der Waals surface area contributed by atoms with Gasteiger partial charge < -0.3 is 0 Å². The fraction of sp³-hybridized carbons (Fsp3) is 1.00. The summed E-state index contributed by atoms with van der Waals surface area (Å²) < 4.78 is 13.7. The van der Waals surface area contributed by atoms with E-state index in [-0.39, 0.29) is 5.41 Å². The van der Waals surface area contributed by atoms with E-state index in [1.807, 2.05) is 13.8 Å². The van der Waals surface area contributed by atoms with Gasteiger partial charge in [-0.25, -0.2) is 4.39 Å².